The average molecular weight is 457 g/mol. The van der Waals surface area contributed by atoms with Crippen LogP contribution in [0.5, 0.6) is 5.75 Å². The van der Waals surface area contributed by atoms with Crippen molar-refractivity contribution in [1.82, 2.24) is 9.66 Å². The molecule has 0 bridgehead atoms. The van der Waals surface area contributed by atoms with E-state index in [1.165, 1.54) is 17.8 Å². The Balaban J connectivity index is 2.12. The van der Waals surface area contributed by atoms with Crippen molar-refractivity contribution in [2.24, 2.45) is 5.10 Å². The summed E-state index contributed by atoms with van der Waals surface area (Å²) >= 11 is 3.39. The van der Waals surface area contributed by atoms with Gasteiger partial charge in [0, 0.05) is 49.2 Å². The largest absolute Gasteiger partial charge is 0.426 e. The third-order valence-corrected chi connectivity index (χ3v) is 4.76. The van der Waals surface area contributed by atoms with E-state index in [2.05, 4.69) is 26.0 Å². The molecule has 29 heavy (non-hydrogen) atoms. The zero-order valence-electron chi connectivity index (χ0n) is 16.6. The SMILES string of the molecule is CCc1nc2ccc(Br)cc2c(=O)n1N=Cc1ccc(N(C)C)cc1OC(C)=O. The number of rotatable bonds is 5. The summed E-state index contributed by atoms with van der Waals surface area (Å²) < 4.78 is 7.41. The van der Waals surface area contributed by atoms with Crippen molar-refractivity contribution in [3.63, 3.8) is 0 Å². The molecule has 3 aromatic rings. The number of nitrogens with zero attached hydrogens (tertiary/aromatic N) is 4. The summed E-state index contributed by atoms with van der Waals surface area (Å²) in [5, 5.41) is 4.83. The van der Waals surface area contributed by atoms with E-state index in [1.807, 2.05) is 38.1 Å². The highest BCUT2D eigenvalue weighted by Gasteiger charge is 2.11. The van der Waals surface area contributed by atoms with Gasteiger partial charge in [-0.3, -0.25) is 9.59 Å². The zero-order valence-corrected chi connectivity index (χ0v) is 18.2. The van der Waals surface area contributed by atoms with Gasteiger partial charge in [0.1, 0.15) is 11.6 Å². The molecule has 7 nitrogen and oxygen atoms in total. The van der Waals surface area contributed by atoms with E-state index in [0.29, 0.717) is 34.5 Å². The van der Waals surface area contributed by atoms with Crippen LogP contribution in [0.1, 0.15) is 25.2 Å². The van der Waals surface area contributed by atoms with Crippen LogP contribution < -0.4 is 15.2 Å². The van der Waals surface area contributed by atoms with E-state index in [9.17, 15) is 9.59 Å². The van der Waals surface area contributed by atoms with Crippen LogP contribution in [-0.2, 0) is 11.2 Å². The molecule has 0 unspecified atom stereocenters. The van der Waals surface area contributed by atoms with Crippen molar-refractivity contribution in [2.75, 3.05) is 19.0 Å². The minimum atomic E-state index is -0.431. The van der Waals surface area contributed by atoms with E-state index in [1.54, 1.807) is 24.3 Å². The molecule has 2 aromatic carbocycles. The maximum absolute atomic E-state index is 13.0. The molecule has 0 aliphatic carbocycles. The first-order valence-electron chi connectivity index (χ1n) is 9.05. The Hall–Kier alpha value is -3.00. The third kappa shape index (κ3) is 4.54. The van der Waals surface area contributed by atoms with Gasteiger partial charge in [-0.25, -0.2) is 4.98 Å². The highest BCUT2D eigenvalue weighted by atomic mass is 79.9. The summed E-state index contributed by atoms with van der Waals surface area (Å²) in [6.07, 6.45) is 2.04. The predicted octanol–water partition coefficient (Wildman–Crippen LogP) is 3.59. The van der Waals surface area contributed by atoms with E-state index in [0.717, 1.165) is 10.2 Å². The second kappa shape index (κ2) is 8.57. The normalized spacial score (nSPS) is 11.2. The number of hydrogen-bond acceptors (Lipinski definition) is 6. The number of aromatic nitrogens is 2. The highest BCUT2D eigenvalue weighted by Crippen LogP contribution is 2.24. The van der Waals surface area contributed by atoms with Gasteiger partial charge >= 0.3 is 5.97 Å². The van der Waals surface area contributed by atoms with Crippen molar-refractivity contribution in [1.29, 1.82) is 0 Å². The molecule has 1 aromatic heterocycles. The molecule has 0 amide bonds. The van der Waals surface area contributed by atoms with Gasteiger partial charge in [-0.1, -0.05) is 22.9 Å². The first-order chi connectivity index (χ1) is 13.8. The number of anilines is 1. The summed E-state index contributed by atoms with van der Waals surface area (Å²) in [5.41, 5.74) is 1.82. The quantitative estimate of drug-likeness (QED) is 0.333. The second-order valence-electron chi connectivity index (χ2n) is 6.61. The summed E-state index contributed by atoms with van der Waals surface area (Å²) in [5.74, 6) is 0.481. The number of aryl methyl sites for hydroxylation is 1. The Labute approximate surface area is 176 Å². The van der Waals surface area contributed by atoms with Gasteiger partial charge in [0.15, 0.2) is 0 Å². The number of hydrogen-bond donors (Lipinski definition) is 0. The van der Waals surface area contributed by atoms with Gasteiger partial charge in [0.05, 0.1) is 17.1 Å². The van der Waals surface area contributed by atoms with Crippen LogP contribution >= 0.6 is 15.9 Å². The van der Waals surface area contributed by atoms with Crippen LogP contribution in [0.4, 0.5) is 5.69 Å². The smallest absolute Gasteiger partial charge is 0.308 e. The molecular formula is C21H21BrN4O3. The van der Waals surface area contributed by atoms with Crippen molar-refractivity contribution in [3.05, 3.63) is 62.6 Å². The first kappa shape index (κ1) is 20.7. The molecule has 0 fully saturated rings. The fourth-order valence-electron chi connectivity index (χ4n) is 2.81. The molecule has 150 valence electrons. The lowest BCUT2D eigenvalue weighted by Crippen LogP contribution is -2.22. The summed E-state index contributed by atoms with van der Waals surface area (Å²) in [7, 11) is 3.79. The number of ether oxygens (including phenoxy) is 1. The molecule has 0 atom stereocenters. The van der Waals surface area contributed by atoms with Crippen molar-refractivity contribution in [3.8, 4) is 5.75 Å². The molecular weight excluding hydrogens is 436 g/mol. The molecule has 0 aliphatic heterocycles. The molecule has 0 spiro atoms. The van der Waals surface area contributed by atoms with E-state index >= 15 is 0 Å². The van der Waals surface area contributed by atoms with E-state index in [4.69, 9.17) is 4.74 Å². The maximum Gasteiger partial charge on any atom is 0.308 e. The van der Waals surface area contributed by atoms with Crippen LogP contribution in [0, 0.1) is 0 Å². The van der Waals surface area contributed by atoms with Gasteiger partial charge < -0.3 is 9.64 Å². The van der Waals surface area contributed by atoms with Gasteiger partial charge in [-0.2, -0.15) is 9.78 Å². The van der Waals surface area contributed by atoms with Gasteiger partial charge in [0.2, 0.25) is 0 Å². The van der Waals surface area contributed by atoms with Gasteiger partial charge in [-0.15, -0.1) is 0 Å². The molecule has 0 aliphatic rings. The topological polar surface area (TPSA) is 76.8 Å². The molecule has 0 N–H and O–H groups in total. The number of fused-ring (bicyclic) bond motifs is 1. The molecule has 3 rings (SSSR count). The Bertz CT molecular complexity index is 1170. The Morgan fingerprint density at radius 2 is 2.03 bits per heavy atom. The lowest BCUT2D eigenvalue weighted by molar-refractivity contribution is -0.131. The van der Waals surface area contributed by atoms with Gasteiger partial charge in [-0.05, 0) is 30.3 Å². The van der Waals surface area contributed by atoms with E-state index < -0.39 is 5.97 Å². The lowest BCUT2D eigenvalue weighted by Gasteiger charge is -2.15. The summed E-state index contributed by atoms with van der Waals surface area (Å²) in [6.45, 7) is 3.25. The first-order valence-corrected chi connectivity index (χ1v) is 9.84. The number of halogens is 1. The fraction of sp³-hybridized carbons (Fsp3) is 0.238. The predicted molar refractivity (Wildman–Crippen MR) is 118 cm³/mol. The van der Waals surface area contributed by atoms with Crippen LogP contribution in [0.3, 0.4) is 0 Å². The summed E-state index contributed by atoms with van der Waals surface area (Å²) in [6, 6.07) is 10.8. The lowest BCUT2D eigenvalue weighted by atomic mass is 10.2. The van der Waals surface area contributed by atoms with Crippen LogP contribution in [0.15, 0.2) is 50.8 Å². The van der Waals surface area contributed by atoms with Crippen LogP contribution in [-0.4, -0.2) is 35.9 Å². The molecule has 8 heteroatoms. The highest BCUT2D eigenvalue weighted by molar-refractivity contribution is 9.10. The Morgan fingerprint density at radius 3 is 2.69 bits per heavy atom. The van der Waals surface area contributed by atoms with Crippen LogP contribution in [0.2, 0.25) is 0 Å². The number of benzene rings is 2. The standard InChI is InChI=1S/C21H21BrN4O3/c1-5-20-24-18-9-7-15(22)10-17(18)21(28)26(20)23-12-14-6-8-16(25(3)4)11-19(14)29-13(2)27/h6-12H,5H2,1-4H3. The monoisotopic (exact) mass is 456 g/mol. The average Bonchev–Trinajstić information content (AvgIpc) is 2.67. The van der Waals surface area contributed by atoms with Crippen LogP contribution in [0.25, 0.3) is 10.9 Å². The van der Waals surface area contributed by atoms with Gasteiger partial charge in [0.25, 0.3) is 5.56 Å². The van der Waals surface area contributed by atoms with Crippen molar-refractivity contribution < 1.29 is 9.53 Å². The second-order valence-corrected chi connectivity index (χ2v) is 7.53. The number of carbonyl (C=O) groups is 1. The molecule has 0 saturated heterocycles. The van der Waals surface area contributed by atoms with E-state index in [-0.39, 0.29) is 5.56 Å². The van der Waals surface area contributed by atoms with Crippen molar-refractivity contribution in [2.45, 2.75) is 20.3 Å². The molecule has 0 radical (unpaired) electrons. The molecule has 0 saturated carbocycles. The van der Waals surface area contributed by atoms with Crippen molar-refractivity contribution >= 4 is 44.7 Å². The zero-order chi connectivity index (χ0) is 21.1. The third-order valence-electron chi connectivity index (χ3n) is 4.27. The summed E-state index contributed by atoms with van der Waals surface area (Å²) in [4.78, 5) is 30.9. The Kier molecular flexibility index (Phi) is 6.12. The number of carbonyl (C=O) groups excluding carboxylic acids is 1. The minimum absolute atomic E-state index is 0.261. The fourth-order valence-corrected chi connectivity index (χ4v) is 3.17. The number of esters is 1. The minimum Gasteiger partial charge on any atom is -0.426 e. The Morgan fingerprint density at radius 1 is 1.28 bits per heavy atom. The molecule has 1 heterocycles. The maximum atomic E-state index is 13.0.